The van der Waals surface area contributed by atoms with Gasteiger partial charge in [0.15, 0.2) is 5.78 Å². The van der Waals surface area contributed by atoms with Crippen LogP contribution in [0.3, 0.4) is 0 Å². The van der Waals surface area contributed by atoms with Gasteiger partial charge in [-0.25, -0.2) is 0 Å². The second-order valence-corrected chi connectivity index (χ2v) is 5.42. The molecule has 0 aliphatic heterocycles. The quantitative estimate of drug-likeness (QED) is 0.574. The van der Waals surface area contributed by atoms with Crippen LogP contribution in [-0.4, -0.2) is 42.9 Å². The lowest BCUT2D eigenvalue weighted by Gasteiger charge is -2.17. The van der Waals surface area contributed by atoms with Gasteiger partial charge in [-0.2, -0.15) is 0 Å². The van der Waals surface area contributed by atoms with Gasteiger partial charge in [0.05, 0.1) is 25.4 Å². The molecule has 0 radical (unpaired) electrons. The van der Waals surface area contributed by atoms with Crippen LogP contribution in [0.4, 0.5) is 0 Å². The Bertz CT molecular complexity index is 695. The summed E-state index contributed by atoms with van der Waals surface area (Å²) < 4.78 is 10.4. The van der Waals surface area contributed by atoms with Gasteiger partial charge in [0, 0.05) is 18.7 Å². The molecule has 0 amide bonds. The third kappa shape index (κ3) is 4.13. The maximum Gasteiger partial charge on any atom is 0.163 e. The number of benzene rings is 2. The zero-order chi connectivity index (χ0) is 17.5. The second kappa shape index (κ2) is 8.47. The summed E-state index contributed by atoms with van der Waals surface area (Å²) in [5.74, 6) is -0.529. The summed E-state index contributed by atoms with van der Waals surface area (Å²) in [6.45, 7) is 2.68. The molecule has 2 rings (SSSR count). The first-order chi connectivity index (χ1) is 11.6. The standard InChI is InChI=1S/C19H22O5/c1-13(20)18-15(8-9-24-11-10-23-2)19(17(22)12-16(18)21)14-6-4-3-5-7-14/h3-7,12,21-22H,8-11H2,1-2H3. The summed E-state index contributed by atoms with van der Waals surface area (Å²) >= 11 is 0. The van der Waals surface area contributed by atoms with Gasteiger partial charge < -0.3 is 19.7 Å². The first-order valence-corrected chi connectivity index (χ1v) is 7.77. The molecule has 2 aromatic carbocycles. The molecule has 24 heavy (non-hydrogen) atoms. The first-order valence-electron chi connectivity index (χ1n) is 7.77. The number of phenols is 2. The number of methoxy groups -OCH3 is 1. The Morgan fingerprint density at radius 2 is 1.75 bits per heavy atom. The van der Waals surface area contributed by atoms with Gasteiger partial charge in [-0.1, -0.05) is 30.3 Å². The smallest absolute Gasteiger partial charge is 0.163 e. The van der Waals surface area contributed by atoms with Crippen molar-refractivity contribution in [1.29, 1.82) is 0 Å². The molecule has 0 aromatic heterocycles. The Morgan fingerprint density at radius 1 is 1.04 bits per heavy atom. The summed E-state index contributed by atoms with van der Waals surface area (Å²) in [5.41, 5.74) is 2.14. The Balaban J connectivity index is 2.44. The molecule has 0 atom stereocenters. The highest BCUT2D eigenvalue weighted by Gasteiger charge is 2.21. The lowest BCUT2D eigenvalue weighted by Crippen LogP contribution is -2.09. The minimum Gasteiger partial charge on any atom is -0.507 e. The maximum atomic E-state index is 12.0. The van der Waals surface area contributed by atoms with Crippen molar-refractivity contribution in [3.8, 4) is 22.6 Å². The van der Waals surface area contributed by atoms with Crippen LogP contribution in [0.1, 0.15) is 22.8 Å². The van der Waals surface area contributed by atoms with Crippen molar-refractivity contribution in [3.05, 3.63) is 47.5 Å². The van der Waals surface area contributed by atoms with Crippen LogP contribution in [0.25, 0.3) is 11.1 Å². The molecule has 0 bridgehead atoms. The number of rotatable bonds is 8. The third-order valence-electron chi connectivity index (χ3n) is 3.73. The van der Waals surface area contributed by atoms with Gasteiger partial charge >= 0.3 is 0 Å². The van der Waals surface area contributed by atoms with Crippen molar-refractivity contribution >= 4 is 5.78 Å². The number of phenolic OH excluding ortho intramolecular Hbond substituents is 2. The van der Waals surface area contributed by atoms with Crippen molar-refractivity contribution in [2.75, 3.05) is 26.9 Å². The molecular weight excluding hydrogens is 308 g/mol. The monoisotopic (exact) mass is 330 g/mol. The highest BCUT2D eigenvalue weighted by Crippen LogP contribution is 2.39. The van der Waals surface area contributed by atoms with E-state index in [1.54, 1.807) is 7.11 Å². The van der Waals surface area contributed by atoms with E-state index in [-0.39, 0.29) is 22.8 Å². The van der Waals surface area contributed by atoms with E-state index in [0.717, 1.165) is 5.56 Å². The molecule has 128 valence electrons. The van der Waals surface area contributed by atoms with Crippen LogP contribution >= 0.6 is 0 Å². The van der Waals surface area contributed by atoms with Crippen molar-refractivity contribution in [2.45, 2.75) is 13.3 Å². The summed E-state index contributed by atoms with van der Waals surface area (Å²) in [7, 11) is 1.60. The predicted octanol–water partition coefficient (Wildman–Crippen LogP) is 3.17. The number of Topliss-reactive ketones (excluding diaryl/α,β-unsaturated/α-hetero) is 1. The van der Waals surface area contributed by atoms with Crippen LogP contribution in [0.2, 0.25) is 0 Å². The summed E-state index contributed by atoms with van der Waals surface area (Å²) in [4.78, 5) is 12.0. The number of ketones is 1. The molecule has 0 saturated heterocycles. The fourth-order valence-electron chi connectivity index (χ4n) is 2.70. The summed E-state index contributed by atoms with van der Waals surface area (Å²) in [6, 6.07) is 10.5. The zero-order valence-electron chi connectivity index (χ0n) is 13.9. The average Bonchev–Trinajstić information content (AvgIpc) is 2.54. The lowest BCUT2D eigenvalue weighted by atomic mass is 9.90. The SMILES string of the molecule is COCCOCCc1c(C(C)=O)c(O)cc(O)c1-c1ccccc1. The van der Waals surface area contributed by atoms with Gasteiger partial charge in [-0.15, -0.1) is 0 Å². The number of hydrogen-bond acceptors (Lipinski definition) is 5. The molecule has 0 aliphatic carbocycles. The predicted molar refractivity (Wildman–Crippen MR) is 91.6 cm³/mol. The Labute approximate surface area is 141 Å². The number of carbonyl (C=O) groups is 1. The summed E-state index contributed by atoms with van der Waals surface area (Å²) in [6.07, 6.45) is 0.394. The van der Waals surface area contributed by atoms with Crippen LogP contribution in [0.5, 0.6) is 11.5 Å². The first kappa shape index (κ1) is 18.0. The van der Waals surface area contributed by atoms with Crippen molar-refractivity contribution in [2.24, 2.45) is 0 Å². The molecule has 0 saturated carbocycles. The molecule has 0 fully saturated rings. The molecule has 0 aliphatic rings. The van der Waals surface area contributed by atoms with Gasteiger partial charge in [0.25, 0.3) is 0 Å². The highest BCUT2D eigenvalue weighted by atomic mass is 16.5. The molecule has 2 N–H and O–H groups in total. The largest absolute Gasteiger partial charge is 0.507 e. The van der Waals surface area contributed by atoms with E-state index >= 15 is 0 Å². The normalized spacial score (nSPS) is 10.8. The van der Waals surface area contributed by atoms with E-state index < -0.39 is 0 Å². The van der Waals surface area contributed by atoms with E-state index in [4.69, 9.17) is 9.47 Å². The van der Waals surface area contributed by atoms with Crippen LogP contribution in [-0.2, 0) is 15.9 Å². The van der Waals surface area contributed by atoms with Gasteiger partial charge in [-0.05, 0) is 24.5 Å². The lowest BCUT2D eigenvalue weighted by molar-refractivity contribution is 0.0721. The van der Waals surface area contributed by atoms with E-state index in [1.807, 2.05) is 30.3 Å². The summed E-state index contributed by atoms with van der Waals surface area (Å²) in [5, 5.41) is 20.5. The Morgan fingerprint density at radius 3 is 2.38 bits per heavy atom. The van der Waals surface area contributed by atoms with Crippen LogP contribution in [0.15, 0.2) is 36.4 Å². The van der Waals surface area contributed by atoms with Crippen molar-refractivity contribution in [3.63, 3.8) is 0 Å². The van der Waals surface area contributed by atoms with E-state index in [9.17, 15) is 15.0 Å². The molecule has 0 spiro atoms. The maximum absolute atomic E-state index is 12.0. The van der Waals surface area contributed by atoms with Crippen LogP contribution < -0.4 is 0 Å². The molecule has 0 unspecified atom stereocenters. The Kier molecular flexibility index (Phi) is 6.35. The van der Waals surface area contributed by atoms with E-state index in [2.05, 4.69) is 0 Å². The Hall–Kier alpha value is -2.37. The molecule has 2 aromatic rings. The zero-order valence-corrected chi connectivity index (χ0v) is 13.9. The number of ether oxygens (including phenoxy) is 2. The second-order valence-electron chi connectivity index (χ2n) is 5.42. The minimum absolute atomic E-state index is 0.0596. The fourth-order valence-corrected chi connectivity index (χ4v) is 2.70. The molecule has 5 heteroatoms. The van der Waals surface area contributed by atoms with Crippen molar-refractivity contribution < 1.29 is 24.5 Å². The molecular formula is C19H22O5. The van der Waals surface area contributed by atoms with Gasteiger partial charge in [0.1, 0.15) is 11.5 Å². The molecule has 0 heterocycles. The number of carbonyl (C=O) groups excluding carboxylic acids is 1. The highest BCUT2D eigenvalue weighted by molar-refractivity contribution is 6.01. The van der Waals surface area contributed by atoms with Crippen LogP contribution in [0, 0.1) is 0 Å². The minimum atomic E-state index is -0.253. The third-order valence-corrected chi connectivity index (χ3v) is 3.73. The van der Waals surface area contributed by atoms with Crippen molar-refractivity contribution in [1.82, 2.24) is 0 Å². The molecule has 5 nitrogen and oxygen atoms in total. The van der Waals surface area contributed by atoms with Gasteiger partial charge in [-0.3, -0.25) is 4.79 Å². The fraction of sp³-hybridized carbons (Fsp3) is 0.316. The topological polar surface area (TPSA) is 76.0 Å². The van der Waals surface area contributed by atoms with E-state index in [0.29, 0.717) is 37.4 Å². The number of aromatic hydroxyl groups is 2. The van der Waals surface area contributed by atoms with E-state index in [1.165, 1.54) is 13.0 Å². The van der Waals surface area contributed by atoms with Gasteiger partial charge in [0.2, 0.25) is 0 Å². The average molecular weight is 330 g/mol. The number of hydrogen-bond donors (Lipinski definition) is 2.